The van der Waals surface area contributed by atoms with Crippen molar-refractivity contribution in [1.29, 1.82) is 0 Å². The summed E-state index contributed by atoms with van der Waals surface area (Å²) in [4.78, 5) is 13.2. The van der Waals surface area contributed by atoms with E-state index in [1.807, 2.05) is 0 Å². The second kappa shape index (κ2) is 6.31. The third kappa shape index (κ3) is 2.45. The quantitative estimate of drug-likeness (QED) is 0.403. The number of hydrogen-bond donors (Lipinski definition) is 1. The van der Waals surface area contributed by atoms with E-state index >= 15 is 0 Å². The lowest BCUT2D eigenvalue weighted by atomic mass is 9.76. The summed E-state index contributed by atoms with van der Waals surface area (Å²) >= 11 is 0. The molecule has 6 rings (SSSR count). The van der Waals surface area contributed by atoms with E-state index < -0.39 is 0 Å². The highest BCUT2D eigenvalue weighted by Gasteiger charge is 2.34. The molecular formula is C27H21NO. The van der Waals surface area contributed by atoms with Gasteiger partial charge in [-0.3, -0.25) is 4.79 Å². The number of Topliss-reactive ketones (excluding diaryl/α,β-unsaturated/α-hetero) is 1. The minimum Gasteiger partial charge on any atom is -0.374 e. The van der Waals surface area contributed by atoms with Crippen LogP contribution in [0.1, 0.15) is 36.4 Å². The van der Waals surface area contributed by atoms with E-state index in [0.29, 0.717) is 6.42 Å². The Kier molecular flexibility index (Phi) is 3.60. The molecule has 1 atom stereocenters. The van der Waals surface area contributed by atoms with Gasteiger partial charge in [-0.2, -0.15) is 0 Å². The lowest BCUT2D eigenvalue weighted by Crippen LogP contribution is -2.26. The average Bonchev–Trinajstić information content (AvgIpc) is 2.78. The predicted octanol–water partition coefficient (Wildman–Crippen LogP) is 6.67. The first kappa shape index (κ1) is 16.6. The number of allylic oxidation sites excluding steroid dienone is 1. The van der Waals surface area contributed by atoms with E-state index in [-0.39, 0.29) is 11.8 Å². The summed E-state index contributed by atoms with van der Waals surface area (Å²) < 4.78 is 0. The first-order chi connectivity index (χ1) is 14.3. The van der Waals surface area contributed by atoms with Crippen LogP contribution in [0.2, 0.25) is 0 Å². The van der Waals surface area contributed by atoms with E-state index in [9.17, 15) is 4.79 Å². The van der Waals surface area contributed by atoms with Gasteiger partial charge in [-0.1, -0.05) is 72.8 Å². The summed E-state index contributed by atoms with van der Waals surface area (Å²) in [7, 11) is 0. The van der Waals surface area contributed by atoms with Crippen molar-refractivity contribution in [3.05, 3.63) is 95.6 Å². The first-order valence-corrected chi connectivity index (χ1v) is 10.3. The number of fused-ring (bicyclic) bond motifs is 5. The van der Waals surface area contributed by atoms with Gasteiger partial charge >= 0.3 is 0 Å². The zero-order valence-corrected chi connectivity index (χ0v) is 16.1. The van der Waals surface area contributed by atoms with Crippen LogP contribution in [0.15, 0.2) is 84.4 Å². The molecule has 0 saturated carbocycles. The lowest BCUT2D eigenvalue weighted by Gasteiger charge is -2.35. The monoisotopic (exact) mass is 375 g/mol. The molecule has 0 aromatic heterocycles. The maximum atomic E-state index is 13.2. The van der Waals surface area contributed by atoms with Crippen LogP contribution >= 0.6 is 0 Å². The number of carbonyl (C=O) groups is 1. The van der Waals surface area contributed by atoms with E-state index in [0.717, 1.165) is 35.1 Å². The molecule has 1 aliphatic heterocycles. The molecule has 4 aromatic carbocycles. The van der Waals surface area contributed by atoms with E-state index in [4.69, 9.17) is 0 Å². The van der Waals surface area contributed by atoms with Crippen molar-refractivity contribution < 1.29 is 4.79 Å². The predicted molar refractivity (Wildman–Crippen MR) is 120 cm³/mol. The fourth-order valence-electron chi connectivity index (χ4n) is 5.13. The third-order valence-corrected chi connectivity index (χ3v) is 6.41. The molecule has 0 radical (unpaired) electrons. The van der Waals surface area contributed by atoms with Gasteiger partial charge < -0.3 is 5.32 Å². The Morgan fingerprint density at radius 1 is 0.724 bits per heavy atom. The molecule has 0 amide bonds. The maximum absolute atomic E-state index is 13.2. The molecule has 4 aromatic rings. The number of nitrogens with one attached hydrogen (secondary N) is 1. The van der Waals surface area contributed by atoms with Gasteiger partial charge in [-0.25, -0.2) is 0 Å². The normalized spacial score (nSPS) is 18.5. The topological polar surface area (TPSA) is 29.1 Å². The van der Waals surface area contributed by atoms with E-state index in [1.54, 1.807) is 0 Å². The van der Waals surface area contributed by atoms with Crippen LogP contribution in [-0.4, -0.2) is 5.78 Å². The Balaban J connectivity index is 1.66. The first-order valence-electron chi connectivity index (χ1n) is 10.3. The fourth-order valence-corrected chi connectivity index (χ4v) is 5.13. The van der Waals surface area contributed by atoms with Crippen LogP contribution in [0, 0.1) is 0 Å². The van der Waals surface area contributed by atoms with Crippen molar-refractivity contribution in [2.24, 2.45) is 0 Å². The SMILES string of the molecule is O=C1CCCC2=C1c1c(ccc3ccccc13)N[C@@H]2c1cccc2ccccc12. The van der Waals surface area contributed by atoms with Crippen molar-refractivity contribution in [1.82, 2.24) is 0 Å². The highest BCUT2D eigenvalue weighted by atomic mass is 16.1. The fraction of sp³-hybridized carbons (Fsp3) is 0.148. The Hall–Kier alpha value is -3.39. The molecule has 1 N–H and O–H groups in total. The number of rotatable bonds is 1. The zero-order chi connectivity index (χ0) is 19.4. The third-order valence-electron chi connectivity index (χ3n) is 6.41. The van der Waals surface area contributed by atoms with Crippen LogP contribution in [0.5, 0.6) is 0 Å². The Morgan fingerprint density at radius 3 is 2.31 bits per heavy atom. The molecule has 1 aliphatic carbocycles. The summed E-state index contributed by atoms with van der Waals surface area (Å²) in [6.07, 6.45) is 2.54. The van der Waals surface area contributed by atoms with Gasteiger partial charge in [0, 0.05) is 23.2 Å². The number of anilines is 1. The van der Waals surface area contributed by atoms with Gasteiger partial charge in [-0.15, -0.1) is 0 Å². The molecule has 1 heterocycles. The Bertz CT molecular complexity index is 1330. The van der Waals surface area contributed by atoms with Gasteiger partial charge in [-0.05, 0) is 51.6 Å². The van der Waals surface area contributed by atoms with Gasteiger partial charge in [0.05, 0.1) is 6.04 Å². The highest BCUT2D eigenvalue weighted by Crippen LogP contribution is 2.48. The minimum absolute atomic E-state index is 0.0361. The average molecular weight is 375 g/mol. The number of ketones is 1. The summed E-state index contributed by atoms with van der Waals surface area (Å²) in [6.45, 7) is 0. The molecule has 0 fully saturated rings. The Labute approximate surface area is 169 Å². The van der Waals surface area contributed by atoms with Crippen molar-refractivity contribution in [3.63, 3.8) is 0 Å². The molecule has 2 heteroatoms. The highest BCUT2D eigenvalue weighted by molar-refractivity contribution is 6.28. The van der Waals surface area contributed by atoms with Crippen LogP contribution in [0.25, 0.3) is 27.1 Å². The minimum atomic E-state index is 0.0361. The summed E-state index contributed by atoms with van der Waals surface area (Å²) in [5, 5.41) is 8.64. The number of benzene rings is 4. The van der Waals surface area contributed by atoms with Crippen LogP contribution < -0.4 is 5.32 Å². The van der Waals surface area contributed by atoms with Crippen molar-refractivity contribution in [2.45, 2.75) is 25.3 Å². The van der Waals surface area contributed by atoms with Crippen molar-refractivity contribution >= 4 is 38.6 Å². The lowest BCUT2D eigenvalue weighted by molar-refractivity contribution is -0.114. The summed E-state index contributed by atoms with van der Waals surface area (Å²) in [6, 6.07) is 27.7. The van der Waals surface area contributed by atoms with Crippen LogP contribution in [0.4, 0.5) is 5.69 Å². The summed E-state index contributed by atoms with van der Waals surface area (Å²) in [5.74, 6) is 0.288. The molecule has 2 nitrogen and oxygen atoms in total. The van der Waals surface area contributed by atoms with Crippen molar-refractivity contribution in [3.8, 4) is 0 Å². The molecule has 2 aliphatic rings. The second-order valence-corrected chi connectivity index (χ2v) is 8.03. The molecular weight excluding hydrogens is 354 g/mol. The van der Waals surface area contributed by atoms with Gasteiger partial charge in [0.2, 0.25) is 0 Å². The molecule has 0 saturated heterocycles. The van der Waals surface area contributed by atoms with E-state index in [2.05, 4.69) is 84.2 Å². The van der Waals surface area contributed by atoms with Gasteiger partial charge in [0.1, 0.15) is 0 Å². The molecule has 140 valence electrons. The van der Waals surface area contributed by atoms with Gasteiger partial charge in [0.25, 0.3) is 0 Å². The number of carbonyl (C=O) groups excluding carboxylic acids is 1. The zero-order valence-electron chi connectivity index (χ0n) is 16.1. The second-order valence-electron chi connectivity index (χ2n) is 8.03. The van der Waals surface area contributed by atoms with Crippen LogP contribution in [-0.2, 0) is 4.79 Å². The van der Waals surface area contributed by atoms with Gasteiger partial charge in [0.15, 0.2) is 5.78 Å². The number of hydrogen-bond acceptors (Lipinski definition) is 2. The van der Waals surface area contributed by atoms with E-state index in [1.165, 1.54) is 27.3 Å². The maximum Gasteiger partial charge on any atom is 0.163 e. The summed E-state index contributed by atoms with van der Waals surface area (Å²) in [5.41, 5.74) is 5.63. The Morgan fingerprint density at radius 2 is 1.45 bits per heavy atom. The molecule has 0 spiro atoms. The van der Waals surface area contributed by atoms with Crippen LogP contribution in [0.3, 0.4) is 0 Å². The largest absolute Gasteiger partial charge is 0.374 e. The van der Waals surface area contributed by atoms with Crippen molar-refractivity contribution in [2.75, 3.05) is 5.32 Å². The molecule has 0 bridgehead atoms. The smallest absolute Gasteiger partial charge is 0.163 e. The molecule has 0 unspecified atom stereocenters. The molecule has 29 heavy (non-hydrogen) atoms. The standard InChI is InChI=1S/C27H21NO/c29-24-14-6-13-22-26(24)25-20-11-4-2-8-18(20)15-16-23(25)28-27(22)21-12-5-9-17-7-1-3-10-19(17)21/h1-5,7-12,15-16,27-28H,6,13-14H2/t27-/m1/s1.